The summed E-state index contributed by atoms with van der Waals surface area (Å²) in [5.41, 5.74) is 0.893. The number of ether oxygens (including phenoxy) is 2. The molecule has 9 heteroatoms. The van der Waals surface area contributed by atoms with Crippen LogP contribution in [-0.2, 0) is 26.0 Å². The highest BCUT2D eigenvalue weighted by Gasteiger charge is 2.28. The van der Waals surface area contributed by atoms with Gasteiger partial charge in [0.05, 0.1) is 41.9 Å². The van der Waals surface area contributed by atoms with Gasteiger partial charge in [-0.3, -0.25) is 0 Å². The Morgan fingerprint density at radius 2 is 1.64 bits per heavy atom. The molecule has 8 nitrogen and oxygen atoms in total. The molecule has 0 amide bonds. The van der Waals surface area contributed by atoms with Gasteiger partial charge in [0.1, 0.15) is 0 Å². The minimum Gasteiger partial charge on any atom is -0.465 e. The van der Waals surface area contributed by atoms with Crippen molar-refractivity contribution in [2.24, 2.45) is 0 Å². The first kappa shape index (κ1) is 21.1. The SMILES string of the molecule is COC(=O)c1ccc(C(=O)OC)c(S(=O)(=O)N(C)Cc2ccc(C#N)cc2)c1. The van der Waals surface area contributed by atoms with E-state index in [9.17, 15) is 18.0 Å². The zero-order chi connectivity index (χ0) is 20.9. The van der Waals surface area contributed by atoms with Gasteiger partial charge in [-0.2, -0.15) is 9.57 Å². The van der Waals surface area contributed by atoms with Crippen LogP contribution in [0, 0.1) is 11.3 Å². The van der Waals surface area contributed by atoms with Crippen LogP contribution in [0.1, 0.15) is 31.8 Å². The maximum absolute atomic E-state index is 13.1. The number of nitriles is 1. The van der Waals surface area contributed by atoms with E-state index in [1.165, 1.54) is 26.3 Å². The van der Waals surface area contributed by atoms with Crippen LogP contribution < -0.4 is 0 Å². The van der Waals surface area contributed by atoms with Crippen molar-refractivity contribution in [1.29, 1.82) is 5.26 Å². The van der Waals surface area contributed by atoms with Crippen LogP contribution in [0.4, 0.5) is 0 Å². The van der Waals surface area contributed by atoms with Gasteiger partial charge in [-0.05, 0) is 35.9 Å². The average molecular weight is 402 g/mol. The first-order valence-corrected chi connectivity index (χ1v) is 9.44. The number of hydrogen-bond acceptors (Lipinski definition) is 7. The summed E-state index contributed by atoms with van der Waals surface area (Å²) in [6.07, 6.45) is 0. The van der Waals surface area contributed by atoms with Crippen LogP contribution in [0.3, 0.4) is 0 Å². The van der Waals surface area contributed by atoms with Crippen molar-refractivity contribution < 1.29 is 27.5 Å². The lowest BCUT2D eigenvalue weighted by molar-refractivity contribution is 0.0583. The molecule has 0 aliphatic heterocycles. The lowest BCUT2D eigenvalue weighted by Gasteiger charge is -2.19. The predicted octanol–water partition coefficient (Wildman–Crippen LogP) is 1.95. The van der Waals surface area contributed by atoms with Gasteiger partial charge < -0.3 is 9.47 Å². The van der Waals surface area contributed by atoms with E-state index in [2.05, 4.69) is 9.47 Å². The third kappa shape index (κ3) is 4.36. The zero-order valence-corrected chi connectivity index (χ0v) is 16.3. The fraction of sp³-hybridized carbons (Fsp3) is 0.211. The lowest BCUT2D eigenvalue weighted by Crippen LogP contribution is -2.28. The van der Waals surface area contributed by atoms with Crippen LogP contribution in [0.25, 0.3) is 0 Å². The number of esters is 2. The Labute approximate surface area is 163 Å². The third-order valence-electron chi connectivity index (χ3n) is 3.98. The van der Waals surface area contributed by atoms with Crippen LogP contribution in [-0.4, -0.2) is 45.9 Å². The Bertz CT molecular complexity index is 1040. The Morgan fingerprint density at radius 1 is 1.04 bits per heavy atom. The molecule has 0 aliphatic carbocycles. The summed E-state index contributed by atoms with van der Waals surface area (Å²) >= 11 is 0. The Balaban J connectivity index is 2.47. The molecule has 0 heterocycles. The number of benzene rings is 2. The molecule has 2 rings (SSSR count). The standard InChI is InChI=1S/C19H18N2O6S/c1-21(12-14-6-4-13(11-20)5-7-14)28(24,25)17-10-15(18(22)26-2)8-9-16(17)19(23)27-3/h4-10H,12H2,1-3H3. The Kier molecular flexibility index (Phi) is 6.51. The topological polar surface area (TPSA) is 114 Å². The van der Waals surface area contributed by atoms with Crippen LogP contribution in [0.15, 0.2) is 47.4 Å². The molecule has 0 unspecified atom stereocenters. The van der Waals surface area contributed by atoms with Gasteiger partial charge in [-0.15, -0.1) is 0 Å². The molecular weight excluding hydrogens is 384 g/mol. The van der Waals surface area contributed by atoms with Gasteiger partial charge in [0.25, 0.3) is 0 Å². The van der Waals surface area contributed by atoms with Gasteiger partial charge in [0, 0.05) is 13.6 Å². The summed E-state index contributed by atoms with van der Waals surface area (Å²) in [7, 11) is -0.496. The molecule has 2 aromatic rings. The van der Waals surface area contributed by atoms with Gasteiger partial charge in [0.15, 0.2) is 0 Å². The smallest absolute Gasteiger partial charge is 0.339 e. The van der Waals surface area contributed by atoms with Crippen LogP contribution in [0.2, 0.25) is 0 Å². The molecule has 28 heavy (non-hydrogen) atoms. The minimum atomic E-state index is -4.14. The summed E-state index contributed by atoms with van der Waals surface area (Å²) in [6, 6.07) is 12.0. The number of sulfonamides is 1. The molecule has 0 aliphatic rings. The Hall–Kier alpha value is -3.22. The van der Waals surface area contributed by atoms with E-state index < -0.39 is 22.0 Å². The van der Waals surface area contributed by atoms with Crippen molar-refractivity contribution in [3.8, 4) is 6.07 Å². The second-order valence-electron chi connectivity index (χ2n) is 5.76. The lowest BCUT2D eigenvalue weighted by atomic mass is 10.1. The molecule has 0 N–H and O–H groups in total. The third-order valence-corrected chi connectivity index (χ3v) is 5.83. The molecule has 0 radical (unpaired) electrons. The van der Waals surface area contributed by atoms with Gasteiger partial charge in [-0.25, -0.2) is 18.0 Å². The summed E-state index contributed by atoms with van der Waals surface area (Å²) in [4.78, 5) is 23.5. The van der Waals surface area contributed by atoms with Crippen LogP contribution in [0.5, 0.6) is 0 Å². The highest BCUT2D eigenvalue weighted by molar-refractivity contribution is 7.89. The largest absolute Gasteiger partial charge is 0.465 e. The summed E-state index contributed by atoms with van der Waals surface area (Å²) in [6.45, 7) is -0.00287. The molecule has 0 spiro atoms. The summed E-state index contributed by atoms with van der Waals surface area (Å²) < 4.78 is 36.5. The zero-order valence-electron chi connectivity index (χ0n) is 15.5. The molecule has 2 aromatic carbocycles. The van der Waals surface area contributed by atoms with E-state index in [4.69, 9.17) is 5.26 Å². The number of hydrogen-bond donors (Lipinski definition) is 0. The van der Waals surface area contributed by atoms with Gasteiger partial charge in [-0.1, -0.05) is 12.1 Å². The number of carbonyl (C=O) groups is 2. The molecule has 0 atom stereocenters. The van der Waals surface area contributed by atoms with Crippen molar-refractivity contribution in [1.82, 2.24) is 4.31 Å². The number of methoxy groups -OCH3 is 2. The van der Waals surface area contributed by atoms with Gasteiger partial charge in [0.2, 0.25) is 10.0 Å². The molecule has 0 bridgehead atoms. The maximum Gasteiger partial charge on any atom is 0.339 e. The molecule has 146 valence electrons. The molecule has 0 saturated heterocycles. The number of rotatable bonds is 6. The molecular formula is C19H18N2O6S. The summed E-state index contributed by atoms with van der Waals surface area (Å²) in [5, 5.41) is 8.85. The molecule has 0 saturated carbocycles. The summed E-state index contributed by atoms with van der Waals surface area (Å²) in [5.74, 6) is -1.58. The van der Waals surface area contributed by atoms with E-state index in [0.29, 0.717) is 11.1 Å². The maximum atomic E-state index is 13.1. The van der Waals surface area contributed by atoms with Crippen molar-refractivity contribution >= 4 is 22.0 Å². The van der Waals surface area contributed by atoms with Crippen molar-refractivity contribution in [2.45, 2.75) is 11.4 Å². The van der Waals surface area contributed by atoms with Crippen molar-refractivity contribution in [3.63, 3.8) is 0 Å². The number of carbonyl (C=O) groups excluding carboxylic acids is 2. The van der Waals surface area contributed by atoms with E-state index in [0.717, 1.165) is 17.5 Å². The van der Waals surface area contributed by atoms with E-state index in [-0.39, 0.29) is 22.6 Å². The average Bonchev–Trinajstić information content (AvgIpc) is 2.72. The monoisotopic (exact) mass is 402 g/mol. The highest BCUT2D eigenvalue weighted by Crippen LogP contribution is 2.24. The fourth-order valence-corrected chi connectivity index (χ4v) is 3.81. The second kappa shape index (κ2) is 8.65. The molecule has 0 aromatic heterocycles. The van der Waals surface area contributed by atoms with E-state index in [1.807, 2.05) is 6.07 Å². The normalized spacial score (nSPS) is 11.0. The van der Waals surface area contributed by atoms with Crippen molar-refractivity contribution in [3.05, 3.63) is 64.7 Å². The highest BCUT2D eigenvalue weighted by atomic mass is 32.2. The van der Waals surface area contributed by atoms with Gasteiger partial charge >= 0.3 is 11.9 Å². The second-order valence-corrected chi connectivity index (χ2v) is 7.78. The van der Waals surface area contributed by atoms with E-state index in [1.54, 1.807) is 24.3 Å². The van der Waals surface area contributed by atoms with E-state index >= 15 is 0 Å². The van der Waals surface area contributed by atoms with Crippen LogP contribution >= 0.6 is 0 Å². The molecule has 0 fully saturated rings. The van der Waals surface area contributed by atoms with Crippen molar-refractivity contribution in [2.75, 3.05) is 21.3 Å². The minimum absolute atomic E-state index is 0.00287. The Morgan fingerprint density at radius 3 is 2.18 bits per heavy atom. The first-order valence-electron chi connectivity index (χ1n) is 8.00. The quantitative estimate of drug-likeness (QED) is 0.679. The predicted molar refractivity (Wildman–Crippen MR) is 98.9 cm³/mol. The first-order chi connectivity index (χ1) is 13.2. The number of nitrogens with zero attached hydrogens (tertiary/aromatic N) is 2. The fourth-order valence-electron chi connectivity index (χ4n) is 2.45.